The topological polar surface area (TPSA) is 56.0 Å². The van der Waals surface area contributed by atoms with Gasteiger partial charge in [-0.15, -0.1) is 0 Å². The van der Waals surface area contributed by atoms with E-state index in [-0.39, 0.29) is 5.91 Å². The van der Waals surface area contributed by atoms with Gasteiger partial charge >= 0.3 is 0 Å². The van der Waals surface area contributed by atoms with Gasteiger partial charge in [-0.05, 0) is 15.9 Å². The van der Waals surface area contributed by atoms with Crippen molar-refractivity contribution >= 4 is 33.4 Å². The number of aromatic nitrogens is 4. The van der Waals surface area contributed by atoms with Crippen molar-refractivity contribution in [2.75, 3.05) is 7.05 Å². The Balaban J connectivity index is 2.21. The predicted octanol–water partition coefficient (Wildman–Crippen LogP) is 1.84. The second-order valence-corrected chi connectivity index (χ2v) is 5.45. The van der Waals surface area contributed by atoms with Crippen LogP contribution in [0.4, 0.5) is 0 Å². The van der Waals surface area contributed by atoms with E-state index >= 15 is 0 Å². The minimum absolute atomic E-state index is 0.135. The second kappa shape index (κ2) is 5.34. The van der Waals surface area contributed by atoms with E-state index in [0.717, 1.165) is 5.69 Å². The molecule has 0 aromatic carbocycles. The monoisotopic (exact) mass is 345 g/mol. The van der Waals surface area contributed by atoms with Crippen LogP contribution < -0.4 is 0 Å². The van der Waals surface area contributed by atoms with Crippen LogP contribution in [0.15, 0.2) is 16.9 Å². The Bertz CT molecular complexity index is 582. The molecule has 0 fully saturated rings. The van der Waals surface area contributed by atoms with Crippen LogP contribution in [0.5, 0.6) is 0 Å². The van der Waals surface area contributed by atoms with Crippen molar-refractivity contribution in [3.63, 3.8) is 0 Å². The van der Waals surface area contributed by atoms with Gasteiger partial charge in [-0.2, -0.15) is 10.2 Å². The highest BCUT2D eigenvalue weighted by atomic mass is 79.9. The number of nitrogens with zero attached hydrogens (tertiary/aromatic N) is 5. The van der Waals surface area contributed by atoms with Crippen LogP contribution in [0.25, 0.3) is 0 Å². The summed E-state index contributed by atoms with van der Waals surface area (Å²) in [6.07, 6.45) is 3.16. The Morgan fingerprint density at radius 2 is 2.00 bits per heavy atom. The average molecular weight is 347 g/mol. The molecule has 0 N–H and O–H groups in total. The van der Waals surface area contributed by atoms with E-state index in [9.17, 15) is 4.79 Å². The van der Waals surface area contributed by atoms with Gasteiger partial charge in [0.05, 0.1) is 34.1 Å². The predicted molar refractivity (Wildman–Crippen MR) is 74.9 cm³/mol. The summed E-state index contributed by atoms with van der Waals surface area (Å²) in [4.78, 5) is 13.9. The number of amides is 1. The molecule has 0 aliphatic carbocycles. The summed E-state index contributed by atoms with van der Waals surface area (Å²) in [6, 6.07) is 0. The molecule has 8 heteroatoms. The molecule has 0 bridgehead atoms. The number of aryl methyl sites for hydroxylation is 2. The lowest BCUT2D eigenvalue weighted by molar-refractivity contribution is 0.0770. The summed E-state index contributed by atoms with van der Waals surface area (Å²) >= 11 is 9.35. The molecule has 0 radical (unpaired) electrons. The lowest BCUT2D eigenvalue weighted by Crippen LogP contribution is -2.29. The number of halogens is 2. The Morgan fingerprint density at radius 3 is 2.47 bits per heavy atom. The van der Waals surface area contributed by atoms with Crippen molar-refractivity contribution in [3.8, 4) is 0 Å². The largest absolute Gasteiger partial charge is 0.334 e. The second-order valence-electron chi connectivity index (χ2n) is 4.19. The first-order valence-electron chi connectivity index (χ1n) is 5.51. The first-order valence-corrected chi connectivity index (χ1v) is 6.68. The molecule has 0 saturated carbocycles. The quantitative estimate of drug-likeness (QED) is 0.852. The summed E-state index contributed by atoms with van der Waals surface area (Å²) in [5, 5.41) is 8.62. The summed E-state index contributed by atoms with van der Waals surface area (Å²) in [6.45, 7) is 0.381. The van der Waals surface area contributed by atoms with Crippen LogP contribution in [-0.4, -0.2) is 37.4 Å². The van der Waals surface area contributed by atoms with Crippen molar-refractivity contribution < 1.29 is 4.79 Å². The number of rotatable bonds is 3. The zero-order valence-electron chi connectivity index (χ0n) is 10.8. The molecule has 2 rings (SSSR count). The number of hydrogen-bond acceptors (Lipinski definition) is 3. The fourth-order valence-corrected chi connectivity index (χ4v) is 2.49. The molecular weight excluding hydrogens is 334 g/mol. The lowest BCUT2D eigenvalue weighted by Gasteiger charge is -2.17. The van der Waals surface area contributed by atoms with Crippen LogP contribution in [0.3, 0.4) is 0 Å². The smallest absolute Gasteiger partial charge is 0.273 e. The first kappa shape index (κ1) is 14.1. The summed E-state index contributed by atoms with van der Waals surface area (Å²) < 4.78 is 3.86. The minimum Gasteiger partial charge on any atom is -0.334 e. The average Bonchev–Trinajstić information content (AvgIpc) is 2.85. The van der Waals surface area contributed by atoms with Gasteiger partial charge in [0.2, 0.25) is 0 Å². The lowest BCUT2D eigenvalue weighted by atomic mass is 10.3. The van der Waals surface area contributed by atoms with Gasteiger partial charge in [-0.1, -0.05) is 11.6 Å². The molecule has 0 atom stereocenters. The molecule has 2 heterocycles. The fourth-order valence-electron chi connectivity index (χ4n) is 1.74. The zero-order valence-corrected chi connectivity index (χ0v) is 13.1. The maximum atomic E-state index is 12.4. The van der Waals surface area contributed by atoms with Gasteiger partial charge in [0.25, 0.3) is 5.91 Å². The highest BCUT2D eigenvalue weighted by molar-refractivity contribution is 9.10. The van der Waals surface area contributed by atoms with Crippen molar-refractivity contribution in [2.24, 2.45) is 14.1 Å². The minimum atomic E-state index is -0.135. The Labute approximate surface area is 124 Å². The first-order chi connectivity index (χ1) is 8.91. The maximum Gasteiger partial charge on any atom is 0.273 e. The molecule has 0 aliphatic heterocycles. The normalized spacial score (nSPS) is 10.8. The molecule has 2 aromatic rings. The van der Waals surface area contributed by atoms with Crippen molar-refractivity contribution in [1.29, 1.82) is 0 Å². The van der Waals surface area contributed by atoms with Crippen LogP contribution in [0, 0.1) is 0 Å². The summed E-state index contributed by atoms with van der Waals surface area (Å²) in [5.41, 5.74) is 1.29. The van der Waals surface area contributed by atoms with E-state index in [1.165, 1.54) is 4.68 Å². The van der Waals surface area contributed by atoms with Crippen LogP contribution in [0.2, 0.25) is 5.02 Å². The van der Waals surface area contributed by atoms with Crippen LogP contribution in [-0.2, 0) is 20.6 Å². The number of carbonyl (C=O) groups is 1. The van der Waals surface area contributed by atoms with E-state index in [1.807, 2.05) is 0 Å². The highest BCUT2D eigenvalue weighted by Crippen LogP contribution is 2.20. The maximum absolute atomic E-state index is 12.4. The van der Waals surface area contributed by atoms with Gasteiger partial charge in [-0.25, -0.2) is 0 Å². The molecule has 2 aromatic heterocycles. The van der Waals surface area contributed by atoms with E-state index in [0.29, 0.717) is 21.7 Å². The third kappa shape index (κ3) is 2.66. The van der Waals surface area contributed by atoms with Gasteiger partial charge < -0.3 is 4.90 Å². The van der Waals surface area contributed by atoms with Crippen molar-refractivity contribution in [2.45, 2.75) is 6.54 Å². The highest BCUT2D eigenvalue weighted by Gasteiger charge is 2.21. The standard InChI is InChI=1S/C11H13BrClN5O/c1-16(6-9-8(13)5-15-17(9)2)11(19)10-7(12)4-14-18(10)3/h4-5H,6H2,1-3H3. The van der Waals surface area contributed by atoms with Gasteiger partial charge in [0.1, 0.15) is 5.69 Å². The summed E-state index contributed by atoms with van der Waals surface area (Å²) in [7, 11) is 5.23. The molecule has 19 heavy (non-hydrogen) atoms. The SMILES string of the molecule is CN(Cc1c(Cl)cnn1C)C(=O)c1c(Br)cnn1C. The molecule has 6 nitrogen and oxygen atoms in total. The molecule has 102 valence electrons. The Kier molecular flexibility index (Phi) is 3.96. The Hall–Kier alpha value is -1.34. The Morgan fingerprint density at radius 1 is 1.37 bits per heavy atom. The third-order valence-corrected chi connectivity index (χ3v) is 3.74. The van der Waals surface area contributed by atoms with E-state index < -0.39 is 0 Å². The van der Waals surface area contributed by atoms with Gasteiger partial charge in [0, 0.05) is 21.1 Å². The van der Waals surface area contributed by atoms with Crippen molar-refractivity contribution in [3.05, 3.63) is 33.3 Å². The van der Waals surface area contributed by atoms with E-state index in [2.05, 4.69) is 26.1 Å². The number of hydrogen-bond donors (Lipinski definition) is 0. The molecule has 0 aliphatic rings. The fraction of sp³-hybridized carbons (Fsp3) is 0.364. The van der Waals surface area contributed by atoms with Gasteiger partial charge in [-0.3, -0.25) is 14.2 Å². The molecule has 0 spiro atoms. The third-order valence-electron chi connectivity index (χ3n) is 2.84. The van der Waals surface area contributed by atoms with E-state index in [1.54, 1.807) is 43.1 Å². The zero-order chi connectivity index (χ0) is 14.2. The summed E-state index contributed by atoms with van der Waals surface area (Å²) in [5.74, 6) is -0.135. The number of carbonyl (C=O) groups excluding carboxylic acids is 1. The van der Waals surface area contributed by atoms with E-state index in [4.69, 9.17) is 11.6 Å². The van der Waals surface area contributed by atoms with Crippen LogP contribution in [0.1, 0.15) is 16.2 Å². The molecule has 1 amide bonds. The van der Waals surface area contributed by atoms with Gasteiger partial charge in [0.15, 0.2) is 0 Å². The van der Waals surface area contributed by atoms with Crippen LogP contribution >= 0.6 is 27.5 Å². The molecule has 0 unspecified atom stereocenters. The molecule has 0 saturated heterocycles. The molecular formula is C11H13BrClN5O. The van der Waals surface area contributed by atoms with Crippen molar-refractivity contribution in [1.82, 2.24) is 24.5 Å².